The first kappa shape index (κ1) is 13.9. The number of carboxylic acid groups (broad SMARTS) is 1. The third kappa shape index (κ3) is 3.05. The Hall–Kier alpha value is -0.570. The molecule has 0 spiro atoms. The Labute approximate surface area is 111 Å². The highest BCUT2D eigenvalue weighted by Crippen LogP contribution is 2.35. The number of carbonyl (C=O) groups is 1. The van der Waals surface area contributed by atoms with Gasteiger partial charge in [0.1, 0.15) is 0 Å². The summed E-state index contributed by atoms with van der Waals surface area (Å²) < 4.78 is 0. The van der Waals surface area contributed by atoms with Gasteiger partial charge in [0.2, 0.25) is 0 Å². The van der Waals surface area contributed by atoms with E-state index in [1.807, 2.05) is 0 Å². The van der Waals surface area contributed by atoms with E-state index in [2.05, 4.69) is 18.7 Å². The summed E-state index contributed by atoms with van der Waals surface area (Å²) in [6.07, 6.45) is 7.10. The van der Waals surface area contributed by atoms with Crippen molar-refractivity contribution in [2.75, 3.05) is 13.1 Å². The summed E-state index contributed by atoms with van der Waals surface area (Å²) in [7, 11) is 0. The zero-order valence-electron chi connectivity index (χ0n) is 11.8. The minimum Gasteiger partial charge on any atom is -0.481 e. The molecule has 2 rings (SSSR count). The van der Waals surface area contributed by atoms with E-state index in [1.165, 1.54) is 25.7 Å². The summed E-state index contributed by atoms with van der Waals surface area (Å²) in [6.45, 7) is 6.66. The highest BCUT2D eigenvalue weighted by Gasteiger charge is 2.34. The van der Waals surface area contributed by atoms with Gasteiger partial charge in [0.05, 0.1) is 5.92 Å². The zero-order valence-corrected chi connectivity index (χ0v) is 11.8. The largest absolute Gasteiger partial charge is 0.481 e. The molecule has 3 nitrogen and oxygen atoms in total. The molecule has 0 bridgehead atoms. The molecule has 1 saturated heterocycles. The predicted octanol–water partition coefficient (Wildman–Crippen LogP) is 3.00. The van der Waals surface area contributed by atoms with Crippen LogP contribution in [0.3, 0.4) is 0 Å². The van der Waals surface area contributed by atoms with Gasteiger partial charge in [-0.15, -0.1) is 0 Å². The molecular weight excluding hydrogens is 226 g/mol. The number of rotatable bonds is 3. The summed E-state index contributed by atoms with van der Waals surface area (Å²) >= 11 is 0. The van der Waals surface area contributed by atoms with Crippen molar-refractivity contribution in [1.82, 2.24) is 4.90 Å². The molecule has 2 fully saturated rings. The van der Waals surface area contributed by atoms with Crippen LogP contribution in [0.1, 0.15) is 52.4 Å². The molecule has 0 radical (unpaired) electrons. The van der Waals surface area contributed by atoms with Crippen molar-refractivity contribution in [3.63, 3.8) is 0 Å². The summed E-state index contributed by atoms with van der Waals surface area (Å²) in [5, 5.41) is 9.06. The quantitative estimate of drug-likeness (QED) is 0.840. The number of carboxylic acids is 1. The van der Waals surface area contributed by atoms with Crippen LogP contribution in [0.4, 0.5) is 0 Å². The monoisotopic (exact) mass is 253 g/mol. The Kier molecular flexibility index (Phi) is 4.66. The second-order valence-corrected chi connectivity index (χ2v) is 6.41. The Morgan fingerprint density at radius 2 is 1.72 bits per heavy atom. The lowest BCUT2D eigenvalue weighted by Crippen LogP contribution is -2.48. The Balaban J connectivity index is 1.92. The van der Waals surface area contributed by atoms with Gasteiger partial charge in [0, 0.05) is 6.04 Å². The molecule has 18 heavy (non-hydrogen) atoms. The maximum absolute atomic E-state index is 11.0. The SMILES string of the molecule is CC(C)C1CCCCC1N1CCC(C(=O)O)CC1. The first-order chi connectivity index (χ1) is 8.59. The number of hydrogen-bond acceptors (Lipinski definition) is 2. The molecule has 1 saturated carbocycles. The number of hydrogen-bond donors (Lipinski definition) is 1. The normalized spacial score (nSPS) is 31.7. The topological polar surface area (TPSA) is 40.5 Å². The van der Waals surface area contributed by atoms with Gasteiger partial charge in [-0.3, -0.25) is 4.79 Å². The van der Waals surface area contributed by atoms with E-state index in [4.69, 9.17) is 5.11 Å². The van der Waals surface area contributed by atoms with E-state index >= 15 is 0 Å². The van der Waals surface area contributed by atoms with Gasteiger partial charge in [-0.05, 0) is 50.6 Å². The van der Waals surface area contributed by atoms with E-state index < -0.39 is 5.97 Å². The van der Waals surface area contributed by atoms with Crippen LogP contribution in [-0.4, -0.2) is 35.1 Å². The van der Waals surface area contributed by atoms with Crippen molar-refractivity contribution in [1.29, 1.82) is 0 Å². The maximum Gasteiger partial charge on any atom is 0.306 e. The van der Waals surface area contributed by atoms with E-state index in [0.29, 0.717) is 6.04 Å². The van der Waals surface area contributed by atoms with Crippen LogP contribution < -0.4 is 0 Å². The average Bonchev–Trinajstić information content (AvgIpc) is 2.39. The molecule has 3 heteroatoms. The summed E-state index contributed by atoms with van der Waals surface area (Å²) in [6, 6.07) is 0.716. The first-order valence-corrected chi connectivity index (χ1v) is 7.56. The van der Waals surface area contributed by atoms with Crippen LogP contribution in [-0.2, 0) is 4.79 Å². The summed E-state index contributed by atoms with van der Waals surface area (Å²) in [5.41, 5.74) is 0. The smallest absolute Gasteiger partial charge is 0.306 e. The van der Waals surface area contributed by atoms with Gasteiger partial charge in [-0.25, -0.2) is 0 Å². The lowest BCUT2D eigenvalue weighted by Gasteiger charge is -2.44. The molecule has 1 N–H and O–H groups in total. The third-order valence-electron chi connectivity index (χ3n) is 4.99. The van der Waals surface area contributed by atoms with Crippen LogP contribution in [0.25, 0.3) is 0 Å². The Bertz CT molecular complexity index is 282. The standard InChI is InChI=1S/C15H27NO2/c1-11(2)13-5-3-4-6-14(13)16-9-7-12(8-10-16)15(17)18/h11-14H,3-10H2,1-2H3,(H,17,18). The molecule has 0 aromatic heterocycles. The second-order valence-electron chi connectivity index (χ2n) is 6.41. The maximum atomic E-state index is 11.0. The molecular formula is C15H27NO2. The summed E-state index contributed by atoms with van der Waals surface area (Å²) in [4.78, 5) is 13.6. The van der Waals surface area contributed by atoms with Gasteiger partial charge >= 0.3 is 5.97 Å². The third-order valence-corrected chi connectivity index (χ3v) is 4.99. The number of aliphatic carboxylic acids is 1. The van der Waals surface area contributed by atoms with Gasteiger partial charge in [-0.2, -0.15) is 0 Å². The minimum atomic E-state index is -0.598. The molecule has 2 unspecified atom stereocenters. The molecule has 104 valence electrons. The van der Waals surface area contributed by atoms with E-state index in [9.17, 15) is 4.79 Å². The molecule has 0 aromatic carbocycles. The predicted molar refractivity (Wildman–Crippen MR) is 72.5 cm³/mol. The van der Waals surface area contributed by atoms with E-state index in [-0.39, 0.29) is 5.92 Å². The van der Waals surface area contributed by atoms with E-state index in [1.54, 1.807) is 0 Å². The lowest BCUT2D eigenvalue weighted by atomic mass is 9.76. The number of nitrogens with zero attached hydrogens (tertiary/aromatic N) is 1. The number of likely N-dealkylation sites (tertiary alicyclic amines) is 1. The van der Waals surface area contributed by atoms with Crippen molar-refractivity contribution in [3.8, 4) is 0 Å². The highest BCUT2D eigenvalue weighted by atomic mass is 16.4. The Morgan fingerprint density at radius 3 is 2.28 bits per heavy atom. The van der Waals surface area contributed by atoms with E-state index in [0.717, 1.165) is 37.8 Å². The Morgan fingerprint density at radius 1 is 1.11 bits per heavy atom. The highest BCUT2D eigenvalue weighted by molar-refractivity contribution is 5.70. The first-order valence-electron chi connectivity index (χ1n) is 7.56. The minimum absolute atomic E-state index is 0.0951. The lowest BCUT2D eigenvalue weighted by molar-refractivity contribution is -0.143. The molecule has 2 atom stereocenters. The average molecular weight is 253 g/mol. The van der Waals surface area contributed by atoms with Crippen LogP contribution in [0.5, 0.6) is 0 Å². The molecule has 0 aromatic rings. The fourth-order valence-corrected chi connectivity index (χ4v) is 3.85. The molecule has 2 aliphatic rings. The number of piperidine rings is 1. The zero-order chi connectivity index (χ0) is 13.1. The van der Waals surface area contributed by atoms with Crippen LogP contribution >= 0.6 is 0 Å². The van der Waals surface area contributed by atoms with Gasteiger partial charge in [-0.1, -0.05) is 26.7 Å². The molecule has 1 aliphatic carbocycles. The van der Waals surface area contributed by atoms with Crippen molar-refractivity contribution in [2.24, 2.45) is 17.8 Å². The van der Waals surface area contributed by atoms with Crippen molar-refractivity contribution >= 4 is 5.97 Å². The van der Waals surface area contributed by atoms with Gasteiger partial charge in [0.25, 0.3) is 0 Å². The fourth-order valence-electron chi connectivity index (χ4n) is 3.85. The molecule has 1 heterocycles. The van der Waals surface area contributed by atoms with Crippen molar-refractivity contribution in [2.45, 2.75) is 58.4 Å². The van der Waals surface area contributed by atoms with Crippen LogP contribution in [0.2, 0.25) is 0 Å². The second kappa shape index (κ2) is 6.05. The fraction of sp³-hybridized carbons (Fsp3) is 0.933. The van der Waals surface area contributed by atoms with Gasteiger partial charge in [0.15, 0.2) is 0 Å². The summed E-state index contributed by atoms with van der Waals surface area (Å²) in [5.74, 6) is 0.883. The van der Waals surface area contributed by atoms with Crippen molar-refractivity contribution in [3.05, 3.63) is 0 Å². The van der Waals surface area contributed by atoms with Gasteiger partial charge < -0.3 is 10.0 Å². The molecule has 0 amide bonds. The van der Waals surface area contributed by atoms with Crippen molar-refractivity contribution < 1.29 is 9.90 Å². The van der Waals surface area contributed by atoms with Crippen LogP contribution in [0.15, 0.2) is 0 Å². The molecule has 1 aliphatic heterocycles. The van der Waals surface area contributed by atoms with Crippen LogP contribution in [0, 0.1) is 17.8 Å².